The van der Waals surface area contributed by atoms with Gasteiger partial charge in [-0.05, 0) is 76.0 Å². The van der Waals surface area contributed by atoms with E-state index >= 15 is 0 Å². The van der Waals surface area contributed by atoms with Gasteiger partial charge >= 0.3 is 0 Å². The van der Waals surface area contributed by atoms with Crippen LogP contribution in [0.2, 0.25) is 0 Å². The van der Waals surface area contributed by atoms with Crippen LogP contribution in [0.1, 0.15) is 73.1 Å². The van der Waals surface area contributed by atoms with Crippen molar-refractivity contribution in [3.05, 3.63) is 0 Å². The van der Waals surface area contributed by atoms with Gasteiger partial charge in [0, 0.05) is 6.04 Å². The van der Waals surface area contributed by atoms with Gasteiger partial charge in [0.25, 0.3) is 0 Å². The molecule has 20 heavy (non-hydrogen) atoms. The van der Waals surface area contributed by atoms with E-state index in [9.17, 15) is 0 Å². The number of likely N-dealkylation sites (tertiary alicyclic amines) is 1. The molecular formula is C18H38N2. The van der Waals surface area contributed by atoms with E-state index in [1.165, 1.54) is 64.7 Å². The second-order valence-electron chi connectivity index (χ2n) is 7.68. The molecule has 1 aliphatic heterocycles. The van der Waals surface area contributed by atoms with Crippen LogP contribution in [-0.2, 0) is 0 Å². The molecule has 0 aliphatic carbocycles. The molecule has 1 N–H and O–H groups in total. The summed E-state index contributed by atoms with van der Waals surface area (Å²) < 4.78 is 0. The third kappa shape index (κ3) is 6.58. The number of hydrogen-bond donors (Lipinski definition) is 1. The van der Waals surface area contributed by atoms with Crippen molar-refractivity contribution in [2.45, 2.75) is 79.2 Å². The zero-order valence-electron chi connectivity index (χ0n) is 14.7. The minimum atomic E-state index is 0.503. The van der Waals surface area contributed by atoms with Crippen molar-refractivity contribution in [2.75, 3.05) is 26.2 Å². The van der Waals surface area contributed by atoms with Crippen LogP contribution in [0.3, 0.4) is 0 Å². The Hall–Kier alpha value is -0.0800. The standard InChI is InChI=1S/C18H38N2/c1-6-12-19-17(7-2)9-8-13-20-14-10-16(11-15-20)18(3,4)5/h16-17,19H,6-15H2,1-5H3. The fraction of sp³-hybridized carbons (Fsp3) is 1.00. The van der Waals surface area contributed by atoms with Gasteiger partial charge in [-0.1, -0.05) is 34.6 Å². The molecule has 0 saturated carbocycles. The third-order valence-electron chi connectivity index (χ3n) is 5.02. The van der Waals surface area contributed by atoms with Crippen LogP contribution in [-0.4, -0.2) is 37.1 Å². The lowest BCUT2D eigenvalue weighted by Crippen LogP contribution is -2.39. The average molecular weight is 283 g/mol. The van der Waals surface area contributed by atoms with Crippen LogP contribution in [0.4, 0.5) is 0 Å². The van der Waals surface area contributed by atoms with Crippen LogP contribution in [0.15, 0.2) is 0 Å². The minimum absolute atomic E-state index is 0.503. The molecule has 1 aliphatic rings. The van der Waals surface area contributed by atoms with Crippen LogP contribution in [0.5, 0.6) is 0 Å². The summed E-state index contributed by atoms with van der Waals surface area (Å²) in [6.45, 7) is 16.9. The van der Waals surface area contributed by atoms with E-state index in [2.05, 4.69) is 44.8 Å². The largest absolute Gasteiger partial charge is 0.314 e. The third-order valence-corrected chi connectivity index (χ3v) is 5.02. The van der Waals surface area contributed by atoms with Gasteiger partial charge < -0.3 is 10.2 Å². The zero-order valence-corrected chi connectivity index (χ0v) is 14.7. The lowest BCUT2D eigenvalue weighted by atomic mass is 9.75. The molecule has 1 fully saturated rings. The van der Waals surface area contributed by atoms with Crippen molar-refractivity contribution in [1.29, 1.82) is 0 Å². The molecule has 0 aromatic heterocycles. The lowest BCUT2D eigenvalue weighted by Gasteiger charge is -2.38. The number of nitrogens with zero attached hydrogens (tertiary/aromatic N) is 1. The summed E-state index contributed by atoms with van der Waals surface area (Å²) in [5, 5.41) is 3.67. The number of hydrogen-bond acceptors (Lipinski definition) is 2. The second kappa shape index (κ2) is 9.04. The van der Waals surface area contributed by atoms with Gasteiger partial charge in [-0.15, -0.1) is 0 Å². The fourth-order valence-corrected chi connectivity index (χ4v) is 3.38. The smallest absolute Gasteiger partial charge is 0.00649 e. The Morgan fingerprint density at radius 1 is 1.15 bits per heavy atom. The van der Waals surface area contributed by atoms with Crippen molar-refractivity contribution in [1.82, 2.24) is 10.2 Å². The highest BCUT2D eigenvalue weighted by Crippen LogP contribution is 2.34. The van der Waals surface area contributed by atoms with E-state index < -0.39 is 0 Å². The topological polar surface area (TPSA) is 15.3 Å². The summed E-state index contributed by atoms with van der Waals surface area (Å²) in [6, 6.07) is 0.738. The Morgan fingerprint density at radius 3 is 2.30 bits per heavy atom. The Morgan fingerprint density at radius 2 is 1.80 bits per heavy atom. The molecule has 0 spiro atoms. The minimum Gasteiger partial charge on any atom is -0.314 e. The van der Waals surface area contributed by atoms with E-state index in [0.29, 0.717) is 5.41 Å². The highest BCUT2D eigenvalue weighted by atomic mass is 15.1. The first kappa shape index (κ1) is 18.0. The maximum Gasteiger partial charge on any atom is 0.00649 e. The SMILES string of the molecule is CCCNC(CC)CCCN1CCC(C(C)(C)C)CC1. The average Bonchev–Trinajstić information content (AvgIpc) is 2.42. The van der Waals surface area contributed by atoms with Crippen LogP contribution >= 0.6 is 0 Å². The van der Waals surface area contributed by atoms with Crippen molar-refractivity contribution < 1.29 is 0 Å². The number of rotatable bonds is 8. The van der Waals surface area contributed by atoms with Crippen molar-refractivity contribution in [3.8, 4) is 0 Å². The summed E-state index contributed by atoms with van der Waals surface area (Å²) >= 11 is 0. The quantitative estimate of drug-likeness (QED) is 0.714. The predicted octanol–water partition coefficient (Wildman–Crippen LogP) is 4.30. The molecule has 1 unspecified atom stereocenters. The molecule has 120 valence electrons. The van der Waals surface area contributed by atoms with Crippen LogP contribution in [0.25, 0.3) is 0 Å². The molecule has 0 aromatic carbocycles. The van der Waals surface area contributed by atoms with E-state index in [-0.39, 0.29) is 0 Å². The van der Waals surface area contributed by atoms with E-state index in [4.69, 9.17) is 0 Å². The molecule has 1 saturated heterocycles. The van der Waals surface area contributed by atoms with Gasteiger partial charge in [-0.3, -0.25) is 0 Å². The highest BCUT2D eigenvalue weighted by molar-refractivity contribution is 4.80. The maximum atomic E-state index is 3.67. The van der Waals surface area contributed by atoms with Gasteiger partial charge in [0.15, 0.2) is 0 Å². The maximum absolute atomic E-state index is 3.67. The van der Waals surface area contributed by atoms with Crippen LogP contribution < -0.4 is 5.32 Å². The Bertz CT molecular complexity index is 236. The lowest BCUT2D eigenvalue weighted by molar-refractivity contribution is 0.110. The molecule has 2 nitrogen and oxygen atoms in total. The van der Waals surface area contributed by atoms with Gasteiger partial charge in [0.05, 0.1) is 0 Å². The first-order chi connectivity index (χ1) is 9.47. The Balaban J connectivity index is 2.15. The fourth-order valence-electron chi connectivity index (χ4n) is 3.38. The van der Waals surface area contributed by atoms with E-state index in [1.807, 2.05) is 0 Å². The summed E-state index contributed by atoms with van der Waals surface area (Å²) in [4.78, 5) is 2.69. The monoisotopic (exact) mass is 282 g/mol. The predicted molar refractivity (Wildman–Crippen MR) is 90.2 cm³/mol. The van der Waals surface area contributed by atoms with Gasteiger partial charge in [0.1, 0.15) is 0 Å². The molecular weight excluding hydrogens is 244 g/mol. The summed E-state index contributed by atoms with van der Waals surface area (Å²) in [7, 11) is 0. The van der Waals surface area contributed by atoms with Crippen molar-refractivity contribution >= 4 is 0 Å². The molecule has 1 rings (SSSR count). The van der Waals surface area contributed by atoms with Crippen LogP contribution in [0, 0.1) is 11.3 Å². The number of piperidine rings is 1. The highest BCUT2D eigenvalue weighted by Gasteiger charge is 2.28. The first-order valence-electron chi connectivity index (χ1n) is 8.93. The summed E-state index contributed by atoms with van der Waals surface area (Å²) in [5.41, 5.74) is 0.503. The van der Waals surface area contributed by atoms with E-state index in [1.54, 1.807) is 0 Å². The molecule has 1 atom stereocenters. The number of nitrogens with one attached hydrogen (secondary N) is 1. The molecule has 2 heteroatoms. The molecule has 0 bridgehead atoms. The summed E-state index contributed by atoms with van der Waals surface area (Å²) in [6.07, 6.45) is 8.01. The van der Waals surface area contributed by atoms with Crippen molar-refractivity contribution in [2.24, 2.45) is 11.3 Å². The Labute approximate surface area is 127 Å². The van der Waals surface area contributed by atoms with Gasteiger partial charge in [0.2, 0.25) is 0 Å². The molecule has 0 amide bonds. The summed E-state index contributed by atoms with van der Waals surface area (Å²) in [5.74, 6) is 0.924. The second-order valence-corrected chi connectivity index (χ2v) is 7.68. The van der Waals surface area contributed by atoms with Gasteiger partial charge in [-0.25, -0.2) is 0 Å². The first-order valence-corrected chi connectivity index (χ1v) is 8.93. The normalized spacial score (nSPS) is 20.2. The van der Waals surface area contributed by atoms with Gasteiger partial charge in [-0.2, -0.15) is 0 Å². The zero-order chi connectivity index (χ0) is 15.0. The molecule has 0 radical (unpaired) electrons. The Kier molecular flexibility index (Phi) is 8.13. The molecule has 1 heterocycles. The van der Waals surface area contributed by atoms with E-state index in [0.717, 1.165) is 12.0 Å². The molecule has 0 aromatic rings. The van der Waals surface area contributed by atoms with Crippen molar-refractivity contribution in [3.63, 3.8) is 0 Å².